The van der Waals surface area contributed by atoms with Gasteiger partial charge in [-0.25, -0.2) is 0 Å². The summed E-state index contributed by atoms with van der Waals surface area (Å²) in [5.41, 5.74) is 6.91. The molecule has 0 saturated carbocycles. The van der Waals surface area contributed by atoms with E-state index >= 15 is 0 Å². The van der Waals surface area contributed by atoms with Crippen LogP contribution in [0.2, 0.25) is 0 Å². The summed E-state index contributed by atoms with van der Waals surface area (Å²) in [5.74, 6) is -0.170. The molecule has 0 bridgehead atoms. The Morgan fingerprint density at radius 3 is 2.69 bits per heavy atom. The minimum atomic E-state index is -0.170. The Bertz CT molecular complexity index is 360. The number of nitrogens with two attached hydrogens (primary N) is 1. The van der Waals surface area contributed by atoms with E-state index in [2.05, 4.69) is 5.32 Å². The van der Waals surface area contributed by atoms with Crippen molar-refractivity contribution in [1.82, 2.24) is 0 Å². The van der Waals surface area contributed by atoms with E-state index in [1.165, 1.54) is 0 Å². The molecule has 1 fully saturated rings. The van der Waals surface area contributed by atoms with Gasteiger partial charge < -0.3 is 20.5 Å². The van der Waals surface area contributed by atoms with E-state index in [0.29, 0.717) is 24.6 Å². The molecule has 0 aliphatic carbocycles. The Hall–Kier alpha value is -1.59. The molecule has 86 valence electrons. The first kappa shape index (κ1) is 10.9. The third-order valence-corrected chi connectivity index (χ3v) is 2.25. The van der Waals surface area contributed by atoms with Crippen molar-refractivity contribution in [3.8, 4) is 0 Å². The molecule has 5 nitrogen and oxygen atoms in total. The summed E-state index contributed by atoms with van der Waals surface area (Å²) in [6, 6.07) is 6.96. The summed E-state index contributed by atoms with van der Waals surface area (Å²) in [5, 5.41) is 2.71. The summed E-state index contributed by atoms with van der Waals surface area (Å²) in [4.78, 5) is 11.4. The molecule has 1 aromatic rings. The molecule has 1 aliphatic rings. The van der Waals surface area contributed by atoms with Crippen LogP contribution in [-0.2, 0) is 14.3 Å². The third kappa shape index (κ3) is 2.95. The maximum Gasteiger partial charge on any atom is 0.250 e. The fourth-order valence-electron chi connectivity index (χ4n) is 1.27. The van der Waals surface area contributed by atoms with Crippen LogP contribution in [0.3, 0.4) is 0 Å². The highest BCUT2D eigenvalue weighted by Crippen LogP contribution is 2.10. The molecular weight excluding hydrogens is 208 g/mol. The topological polar surface area (TPSA) is 73.6 Å². The molecule has 0 radical (unpaired) electrons. The quantitative estimate of drug-likeness (QED) is 0.732. The molecule has 5 heteroatoms. The number of amides is 1. The van der Waals surface area contributed by atoms with Crippen LogP contribution in [0.15, 0.2) is 24.3 Å². The molecule has 1 heterocycles. The van der Waals surface area contributed by atoms with Crippen LogP contribution in [-0.4, -0.2) is 31.8 Å². The molecule has 1 aromatic carbocycles. The van der Waals surface area contributed by atoms with E-state index in [1.807, 2.05) is 0 Å². The number of carbonyl (C=O) groups is 1. The van der Waals surface area contributed by atoms with Crippen LogP contribution in [0.1, 0.15) is 0 Å². The van der Waals surface area contributed by atoms with Gasteiger partial charge in [-0.3, -0.25) is 4.79 Å². The molecule has 1 amide bonds. The minimum absolute atomic E-state index is 0.0540. The zero-order valence-corrected chi connectivity index (χ0v) is 8.81. The maximum absolute atomic E-state index is 11.4. The predicted molar refractivity (Wildman–Crippen MR) is 60.0 cm³/mol. The predicted octanol–water partition coefficient (Wildman–Crippen LogP) is 0.623. The van der Waals surface area contributed by atoms with Crippen molar-refractivity contribution in [2.45, 2.75) is 6.10 Å². The van der Waals surface area contributed by atoms with Gasteiger partial charge in [0.15, 0.2) is 0 Å². The first-order chi connectivity index (χ1) is 7.74. The average molecular weight is 222 g/mol. The van der Waals surface area contributed by atoms with Gasteiger partial charge in [-0.1, -0.05) is 0 Å². The number of rotatable bonds is 4. The van der Waals surface area contributed by atoms with Gasteiger partial charge in [0.05, 0.1) is 13.2 Å². The van der Waals surface area contributed by atoms with Crippen LogP contribution in [0.5, 0.6) is 0 Å². The normalized spacial score (nSPS) is 15.5. The third-order valence-electron chi connectivity index (χ3n) is 2.25. The zero-order valence-electron chi connectivity index (χ0n) is 8.81. The molecule has 1 saturated heterocycles. The monoisotopic (exact) mass is 222 g/mol. The van der Waals surface area contributed by atoms with E-state index in [-0.39, 0.29) is 18.6 Å². The van der Waals surface area contributed by atoms with Gasteiger partial charge in [0.1, 0.15) is 12.7 Å². The van der Waals surface area contributed by atoms with Crippen molar-refractivity contribution in [3.63, 3.8) is 0 Å². The molecule has 0 atom stereocenters. The fourth-order valence-corrected chi connectivity index (χ4v) is 1.27. The van der Waals surface area contributed by atoms with Crippen molar-refractivity contribution in [2.24, 2.45) is 0 Å². The van der Waals surface area contributed by atoms with E-state index in [9.17, 15) is 4.79 Å². The number of hydrogen-bond donors (Lipinski definition) is 2. The Balaban J connectivity index is 1.75. The summed E-state index contributed by atoms with van der Waals surface area (Å²) in [6.45, 7) is 1.21. The number of hydrogen-bond acceptors (Lipinski definition) is 4. The lowest BCUT2D eigenvalue weighted by atomic mass is 10.3. The Morgan fingerprint density at radius 2 is 2.12 bits per heavy atom. The van der Waals surface area contributed by atoms with E-state index in [1.54, 1.807) is 24.3 Å². The average Bonchev–Trinajstić information content (AvgIpc) is 2.19. The number of anilines is 2. The van der Waals surface area contributed by atoms with Crippen molar-refractivity contribution in [3.05, 3.63) is 24.3 Å². The fraction of sp³-hybridized carbons (Fsp3) is 0.364. The molecular formula is C11H14N2O3. The van der Waals surface area contributed by atoms with Crippen molar-refractivity contribution in [2.75, 3.05) is 30.9 Å². The number of ether oxygens (including phenoxy) is 2. The summed E-state index contributed by atoms with van der Waals surface area (Å²) in [7, 11) is 0. The van der Waals surface area contributed by atoms with Crippen LogP contribution < -0.4 is 11.1 Å². The van der Waals surface area contributed by atoms with Crippen molar-refractivity contribution in [1.29, 1.82) is 0 Å². The summed E-state index contributed by atoms with van der Waals surface area (Å²) < 4.78 is 10.2. The van der Waals surface area contributed by atoms with Crippen molar-refractivity contribution >= 4 is 17.3 Å². The molecule has 1 aliphatic heterocycles. The number of benzene rings is 1. The zero-order chi connectivity index (χ0) is 11.4. The Labute approximate surface area is 93.5 Å². The highest BCUT2D eigenvalue weighted by atomic mass is 16.6. The van der Waals surface area contributed by atoms with Gasteiger partial charge >= 0.3 is 0 Å². The number of nitrogens with one attached hydrogen (secondary N) is 1. The summed E-state index contributed by atoms with van der Waals surface area (Å²) >= 11 is 0. The summed E-state index contributed by atoms with van der Waals surface area (Å²) in [6.07, 6.45) is 0.0668. The highest BCUT2D eigenvalue weighted by Gasteiger charge is 2.19. The molecule has 0 spiro atoms. The van der Waals surface area contributed by atoms with E-state index < -0.39 is 0 Å². The van der Waals surface area contributed by atoms with Gasteiger partial charge in [-0.2, -0.15) is 0 Å². The van der Waals surface area contributed by atoms with Gasteiger partial charge in [0, 0.05) is 11.4 Å². The van der Waals surface area contributed by atoms with E-state index in [4.69, 9.17) is 15.2 Å². The first-order valence-corrected chi connectivity index (χ1v) is 5.09. The van der Waals surface area contributed by atoms with Crippen LogP contribution in [0.25, 0.3) is 0 Å². The number of nitrogen functional groups attached to an aromatic ring is 1. The standard InChI is InChI=1S/C11H14N2O3/c12-8-1-3-9(4-2-8)13-11(14)7-16-10-5-15-6-10/h1-4,10H,5-7,12H2,(H,13,14). The lowest BCUT2D eigenvalue weighted by Crippen LogP contribution is -2.38. The Kier molecular flexibility index (Phi) is 3.38. The van der Waals surface area contributed by atoms with E-state index in [0.717, 1.165) is 0 Å². The number of carbonyl (C=O) groups excluding carboxylic acids is 1. The van der Waals surface area contributed by atoms with Crippen LogP contribution in [0, 0.1) is 0 Å². The van der Waals surface area contributed by atoms with Gasteiger partial charge in [0.2, 0.25) is 5.91 Å². The molecule has 3 N–H and O–H groups in total. The smallest absolute Gasteiger partial charge is 0.250 e. The largest absolute Gasteiger partial charge is 0.399 e. The van der Waals surface area contributed by atoms with Gasteiger partial charge in [-0.15, -0.1) is 0 Å². The second kappa shape index (κ2) is 4.96. The second-order valence-corrected chi connectivity index (χ2v) is 3.64. The lowest BCUT2D eigenvalue weighted by Gasteiger charge is -2.25. The highest BCUT2D eigenvalue weighted by molar-refractivity contribution is 5.91. The Morgan fingerprint density at radius 1 is 1.44 bits per heavy atom. The van der Waals surface area contributed by atoms with Crippen molar-refractivity contribution < 1.29 is 14.3 Å². The minimum Gasteiger partial charge on any atom is -0.399 e. The van der Waals surface area contributed by atoms with Gasteiger partial charge in [0.25, 0.3) is 0 Å². The SMILES string of the molecule is Nc1ccc(NC(=O)COC2COC2)cc1. The first-order valence-electron chi connectivity index (χ1n) is 5.09. The molecule has 2 rings (SSSR count). The molecule has 16 heavy (non-hydrogen) atoms. The lowest BCUT2D eigenvalue weighted by molar-refractivity contribution is -0.144. The maximum atomic E-state index is 11.4. The molecule has 0 unspecified atom stereocenters. The molecule has 0 aromatic heterocycles. The van der Waals surface area contributed by atoms with Gasteiger partial charge in [-0.05, 0) is 24.3 Å². The van der Waals surface area contributed by atoms with Crippen LogP contribution >= 0.6 is 0 Å². The second-order valence-electron chi connectivity index (χ2n) is 3.64. The van der Waals surface area contributed by atoms with Crippen LogP contribution in [0.4, 0.5) is 11.4 Å².